The molecule has 2 aromatic rings. The highest BCUT2D eigenvalue weighted by Crippen LogP contribution is 2.23. The maximum atomic E-state index is 5.63. The predicted molar refractivity (Wildman–Crippen MR) is 69.0 cm³/mol. The number of aromatic nitrogens is 1. The SMILES string of the molecule is ClCCCCSc1cc2ccccc2[nH]1. The first-order valence-corrected chi connectivity index (χ1v) is 6.68. The molecule has 0 radical (unpaired) electrons. The Hall–Kier alpha value is -0.600. The van der Waals surface area contributed by atoms with Crippen LogP contribution in [0.1, 0.15) is 12.8 Å². The first kappa shape index (κ1) is 10.9. The molecule has 0 aliphatic carbocycles. The fourth-order valence-corrected chi connectivity index (χ4v) is 2.65. The van der Waals surface area contributed by atoms with Crippen LogP contribution in [0, 0.1) is 0 Å². The van der Waals surface area contributed by atoms with E-state index in [0.717, 1.165) is 18.1 Å². The number of hydrogen-bond donors (Lipinski definition) is 1. The predicted octanol–water partition coefficient (Wildman–Crippen LogP) is 4.28. The van der Waals surface area contributed by atoms with Gasteiger partial charge in [-0.2, -0.15) is 0 Å². The smallest absolute Gasteiger partial charge is 0.0732 e. The van der Waals surface area contributed by atoms with Crippen molar-refractivity contribution in [2.45, 2.75) is 17.9 Å². The number of fused-ring (bicyclic) bond motifs is 1. The third-order valence-electron chi connectivity index (χ3n) is 2.29. The molecule has 0 aliphatic rings. The Balaban J connectivity index is 1.97. The molecule has 0 amide bonds. The number of hydrogen-bond acceptors (Lipinski definition) is 1. The Morgan fingerprint density at radius 2 is 2.07 bits per heavy atom. The Bertz CT molecular complexity index is 391. The molecule has 80 valence electrons. The van der Waals surface area contributed by atoms with E-state index >= 15 is 0 Å². The van der Waals surface area contributed by atoms with Gasteiger partial charge in [0.2, 0.25) is 0 Å². The molecule has 0 bridgehead atoms. The van der Waals surface area contributed by atoms with Crippen LogP contribution < -0.4 is 0 Å². The Morgan fingerprint density at radius 3 is 2.87 bits per heavy atom. The van der Waals surface area contributed by atoms with E-state index in [1.165, 1.54) is 22.3 Å². The van der Waals surface area contributed by atoms with Crippen LogP contribution in [0.25, 0.3) is 10.9 Å². The zero-order valence-electron chi connectivity index (χ0n) is 8.50. The first-order chi connectivity index (χ1) is 7.40. The van der Waals surface area contributed by atoms with Crippen molar-refractivity contribution in [2.24, 2.45) is 0 Å². The molecule has 0 atom stereocenters. The maximum absolute atomic E-state index is 5.63. The number of benzene rings is 1. The van der Waals surface area contributed by atoms with Gasteiger partial charge in [0.05, 0.1) is 5.03 Å². The average molecular weight is 240 g/mol. The zero-order valence-corrected chi connectivity index (χ0v) is 10.1. The summed E-state index contributed by atoms with van der Waals surface area (Å²) in [5.41, 5.74) is 1.22. The van der Waals surface area contributed by atoms with E-state index < -0.39 is 0 Å². The average Bonchev–Trinajstić information content (AvgIpc) is 2.67. The van der Waals surface area contributed by atoms with Gasteiger partial charge in [-0.3, -0.25) is 0 Å². The molecule has 15 heavy (non-hydrogen) atoms. The Kier molecular flexibility index (Phi) is 3.98. The van der Waals surface area contributed by atoms with Crippen molar-refractivity contribution in [2.75, 3.05) is 11.6 Å². The molecule has 1 aromatic carbocycles. The standard InChI is InChI=1S/C12H14ClNS/c13-7-3-4-8-15-12-9-10-5-1-2-6-11(10)14-12/h1-2,5-6,9,14H,3-4,7-8H2. The molecule has 0 saturated carbocycles. The number of halogens is 1. The summed E-state index contributed by atoms with van der Waals surface area (Å²) in [6.07, 6.45) is 2.29. The molecular formula is C12H14ClNS. The monoisotopic (exact) mass is 239 g/mol. The molecule has 1 heterocycles. The van der Waals surface area contributed by atoms with Crippen molar-refractivity contribution in [3.8, 4) is 0 Å². The summed E-state index contributed by atoms with van der Waals surface area (Å²) in [5, 5.41) is 2.54. The lowest BCUT2D eigenvalue weighted by atomic mass is 10.3. The largest absolute Gasteiger partial charge is 0.350 e. The number of para-hydroxylation sites is 1. The minimum atomic E-state index is 0.771. The van der Waals surface area contributed by atoms with Crippen molar-refractivity contribution in [3.05, 3.63) is 30.3 Å². The summed E-state index contributed by atoms with van der Waals surface area (Å²) >= 11 is 7.50. The molecule has 0 unspecified atom stereocenters. The molecule has 3 heteroatoms. The van der Waals surface area contributed by atoms with E-state index in [9.17, 15) is 0 Å². The third-order valence-corrected chi connectivity index (χ3v) is 3.58. The summed E-state index contributed by atoms with van der Waals surface area (Å²) in [7, 11) is 0. The third kappa shape index (κ3) is 2.93. The van der Waals surface area contributed by atoms with E-state index in [0.29, 0.717) is 0 Å². The normalized spacial score (nSPS) is 11.0. The highest BCUT2D eigenvalue weighted by molar-refractivity contribution is 7.99. The van der Waals surface area contributed by atoms with Crippen LogP contribution in [0.5, 0.6) is 0 Å². The highest BCUT2D eigenvalue weighted by atomic mass is 35.5. The van der Waals surface area contributed by atoms with E-state index in [1.54, 1.807) is 0 Å². The van der Waals surface area contributed by atoms with E-state index in [1.807, 2.05) is 11.8 Å². The fraction of sp³-hybridized carbons (Fsp3) is 0.333. The van der Waals surface area contributed by atoms with Crippen molar-refractivity contribution in [3.63, 3.8) is 0 Å². The lowest BCUT2D eigenvalue weighted by Gasteiger charge is -1.96. The van der Waals surface area contributed by atoms with Gasteiger partial charge in [0, 0.05) is 16.8 Å². The number of H-pyrrole nitrogens is 1. The number of rotatable bonds is 5. The summed E-state index contributed by atoms with van der Waals surface area (Å²) in [4.78, 5) is 3.40. The molecular weight excluding hydrogens is 226 g/mol. The molecule has 0 spiro atoms. The van der Waals surface area contributed by atoms with Crippen LogP contribution in [0.2, 0.25) is 0 Å². The zero-order chi connectivity index (χ0) is 10.5. The summed E-state index contributed by atoms with van der Waals surface area (Å²) in [5.74, 6) is 1.91. The van der Waals surface area contributed by atoms with Crippen LogP contribution in [0.3, 0.4) is 0 Å². The van der Waals surface area contributed by atoms with E-state index in [4.69, 9.17) is 11.6 Å². The van der Waals surface area contributed by atoms with Gasteiger partial charge in [-0.1, -0.05) is 18.2 Å². The second-order valence-corrected chi connectivity index (χ2v) is 4.98. The molecule has 1 aromatic heterocycles. The van der Waals surface area contributed by atoms with Gasteiger partial charge in [0.1, 0.15) is 0 Å². The molecule has 1 N–H and O–H groups in total. The number of nitrogens with one attached hydrogen (secondary N) is 1. The van der Waals surface area contributed by atoms with Gasteiger partial charge in [0.25, 0.3) is 0 Å². The Morgan fingerprint density at radius 1 is 1.20 bits per heavy atom. The number of alkyl halides is 1. The summed E-state index contributed by atoms with van der Waals surface area (Å²) in [6, 6.07) is 10.6. The molecule has 0 aliphatic heterocycles. The lowest BCUT2D eigenvalue weighted by Crippen LogP contribution is -1.81. The van der Waals surface area contributed by atoms with Gasteiger partial charge in [-0.15, -0.1) is 23.4 Å². The number of thioether (sulfide) groups is 1. The first-order valence-electron chi connectivity index (χ1n) is 5.16. The second kappa shape index (κ2) is 5.47. The quantitative estimate of drug-likeness (QED) is 0.468. The van der Waals surface area contributed by atoms with Crippen LogP contribution in [-0.4, -0.2) is 16.6 Å². The highest BCUT2D eigenvalue weighted by Gasteiger charge is 1.99. The van der Waals surface area contributed by atoms with Crippen molar-refractivity contribution < 1.29 is 0 Å². The minimum Gasteiger partial charge on any atom is -0.350 e. The Labute approximate surface area is 99.2 Å². The summed E-state index contributed by atoms with van der Waals surface area (Å²) < 4.78 is 0. The van der Waals surface area contributed by atoms with E-state index in [2.05, 4.69) is 35.3 Å². The molecule has 0 saturated heterocycles. The van der Waals surface area contributed by atoms with E-state index in [-0.39, 0.29) is 0 Å². The maximum Gasteiger partial charge on any atom is 0.0732 e. The van der Waals surface area contributed by atoms with Gasteiger partial charge in [-0.05, 0) is 30.7 Å². The second-order valence-electron chi connectivity index (χ2n) is 3.47. The molecule has 2 rings (SSSR count). The number of aromatic amines is 1. The van der Waals surface area contributed by atoms with Crippen LogP contribution >= 0.6 is 23.4 Å². The number of unbranched alkanes of at least 4 members (excludes halogenated alkanes) is 1. The van der Waals surface area contributed by atoms with Gasteiger partial charge in [-0.25, -0.2) is 0 Å². The molecule has 1 nitrogen and oxygen atoms in total. The van der Waals surface area contributed by atoms with Crippen LogP contribution in [-0.2, 0) is 0 Å². The van der Waals surface area contributed by atoms with Crippen molar-refractivity contribution >= 4 is 34.3 Å². The van der Waals surface area contributed by atoms with Crippen LogP contribution in [0.15, 0.2) is 35.4 Å². The van der Waals surface area contributed by atoms with Gasteiger partial charge < -0.3 is 4.98 Å². The summed E-state index contributed by atoms with van der Waals surface area (Å²) in [6.45, 7) is 0. The fourth-order valence-electron chi connectivity index (χ4n) is 1.50. The lowest BCUT2D eigenvalue weighted by molar-refractivity contribution is 0.902. The minimum absolute atomic E-state index is 0.771. The van der Waals surface area contributed by atoms with Crippen LogP contribution in [0.4, 0.5) is 0 Å². The van der Waals surface area contributed by atoms with Gasteiger partial charge >= 0.3 is 0 Å². The van der Waals surface area contributed by atoms with Crippen molar-refractivity contribution in [1.82, 2.24) is 4.98 Å². The van der Waals surface area contributed by atoms with Gasteiger partial charge in [0.15, 0.2) is 0 Å². The van der Waals surface area contributed by atoms with Crippen molar-refractivity contribution in [1.29, 1.82) is 0 Å². The topological polar surface area (TPSA) is 15.8 Å². The molecule has 0 fully saturated rings.